The van der Waals surface area contributed by atoms with Gasteiger partial charge in [-0.1, -0.05) is 41.9 Å². The molecule has 2 heterocycles. The maximum Gasteiger partial charge on any atom is 0.182 e. The fourth-order valence-electron chi connectivity index (χ4n) is 1.86. The molecule has 0 radical (unpaired) electrons. The van der Waals surface area contributed by atoms with Crippen molar-refractivity contribution in [3.63, 3.8) is 0 Å². The van der Waals surface area contributed by atoms with Crippen LogP contribution in [0.2, 0.25) is 5.15 Å². The Labute approximate surface area is 135 Å². The van der Waals surface area contributed by atoms with E-state index in [1.54, 1.807) is 4.68 Å². The average Bonchev–Trinajstić information content (AvgIpc) is 2.89. The second-order valence-electron chi connectivity index (χ2n) is 4.24. The highest BCUT2D eigenvalue weighted by Crippen LogP contribution is 2.29. The lowest BCUT2D eigenvalue weighted by molar-refractivity contribution is 0.768. The summed E-state index contributed by atoms with van der Waals surface area (Å²) in [5.41, 5.74) is 2.55. The number of hydrogen-bond acceptors (Lipinski definition) is 3. The molecule has 0 amide bonds. The van der Waals surface area contributed by atoms with Gasteiger partial charge in [-0.05, 0) is 28.7 Å². The van der Waals surface area contributed by atoms with Gasteiger partial charge in [-0.15, -0.1) is 0 Å². The van der Waals surface area contributed by atoms with E-state index < -0.39 is 0 Å². The van der Waals surface area contributed by atoms with Gasteiger partial charge in [-0.3, -0.25) is 4.68 Å². The first kappa shape index (κ1) is 13.5. The van der Waals surface area contributed by atoms with Crippen LogP contribution in [0.5, 0.6) is 0 Å². The molecular weight excluding hydrogens is 387 g/mol. The van der Waals surface area contributed by atoms with Gasteiger partial charge in [-0.25, -0.2) is 9.97 Å². The Morgan fingerprint density at radius 3 is 2.50 bits per heavy atom. The Kier molecular flexibility index (Phi) is 3.71. The Balaban J connectivity index is 2.18. The Hall–Kier alpha value is -1.47. The van der Waals surface area contributed by atoms with E-state index in [1.807, 2.05) is 49.6 Å². The number of hydrogen-bond donors (Lipinski definition) is 0. The second-order valence-corrected chi connectivity index (χ2v) is 5.68. The molecule has 0 spiro atoms. The second kappa shape index (κ2) is 5.49. The summed E-state index contributed by atoms with van der Waals surface area (Å²) in [6.45, 7) is 0. The Morgan fingerprint density at radius 2 is 1.85 bits per heavy atom. The van der Waals surface area contributed by atoms with Gasteiger partial charge in [0.2, 0.25) is 0 Å². The van der Waals surface area contributed by atoms with Crippen LogP contribution in [0.1, 0.15) is 0 Å². The van der Waals surface area contributed by atoms with Crippen molar-refractivity contribution in [2.24, 2.45) is 7.05 Å². The van der Waals surface area contributed by atoms with Crippen LogP contribution < -0.4 is 0 Å². The molecule has 20 heavy (non-hydrogen) atoms. The van der Waals surface area contributed by atoms with E-state index in [0.29, 0.717) is 16.7 Å². The summed E-state index contributed by atoms with van der Waals surface area (Å²) in [7, 11) is 1.86. The minimum absolute atomic E-state index is 0.445. The number of rotatable bonds is 2. The van der Waals surface area contributed by atoms with Crippen LogP contribution in [-0.2, 0) is 7.05 Å². The third kappa shape index (κ3) is 2.55. The average molecular weight is 397 g/mol. The molecule has 3 aromatic rings. The van der Waals surface area contributed by atoms with Crippen molar-refractivity contribution < 1.29 is 0 Å². The number of aromatic nitrogens is 4. The Bertz CT molecular complexity index is 755. The van der Waals surface area contributed by atoms with E-state index >= 15 is 0 Å². The van der Waals surface area contributed by atoms with Gasteiger partial charge >= 0.3 is 0 Å². The zero-order chi connectivity index (χ0) is 14.1. The highest BCUT2D eigenvalue weighted by Gasteiger charge is 2.14. The van der Waals surface area contributed by atoms with Crippen LogP contribution in [0.15, 0.2) is 42.6 Å². The van der Waals surface area contributed by atoms with Gasteiger partial charge in [0.05, 0.1) is 9.26 Å². The van der Waals surface area contributed by atoms with Crippen molar-refractivity contribution in [3.8, 4) is 22.8 Å². The number of nitrogens with zero attached hydrogens (tertiary/aromatic N) is 4. The van der Waals surface area contributed by atoms with Crippen LogP contribution in [0, 0.1) is 3.57 Å². The number of halogens is 2. The summed E-state index contributed by atoms with van der Waals surface area (Å²) < 4.78 is 2.56. The summed E-state index contributed by atoms with van der Waals surface area (Å²) in [4.78, 5) is 8.92. The lowest BCUT2D eigenvalue weighted by Crippen LogP contribution is -1.98. The topological polar surface area (TPSA) is 43.6 Å². The molecule has 0 aliphatic rings. The first-order valence-corrected chi connectivity index (χ1v) is 7.39. The van der Waals surface area contributed by atoms with E-state index in [1.165, 1.54) is 0 Å². The highest BCUT2D eigenvalue weighted by molar-refractivity contribution is 14.1. The molecule has 0 fully saturated rings. The molecule has 100 valence electrons. The normalized spacial score (nSPS) is 10.8. The largest absolute Gasteiger partial charge is 0.275 e. The van der Waals surface area contributed by atoms with Crippen molar-refractivity contribution in [2.45, 2.75) is 0 Å². The minimum Gasteiger partial charge on any atom is -0.275 e. The van der Waals surface area contributed by atoms with Crippen LogP contribution >= 0.6 is 34.2 Å². The molecule has 0 bridgehead atoms. The molecule has 2 aromatic heterocycles. The molecule has 4 nitrogen and oxygen atoms in total. The molecular formula is C14H10ClIN4. The van der Waals surface area contributed by atoms with Crippen LogP contribution in [0.25, 0.3) is 22.8 Å². The van der Waals surface area contributed by atoms with Crippen LogP contribution in [-0.4, -0.2) is 19.7 Å². The molecule has 0 saturated carbocycles. The third-order valence-electron chi connectivity index (χ3n) is 2.80. The summed E-state index contributed by atoms with van der Waals surface area (Å²) in [6.07, 6.45) is 1.85. The molecule has 0 N–H and O–H groups in total. The summed E-state index contributed by atoms with van der Waals surface area (Å²) in [5, 5.41) is 4.76. The smallest absolute Gasteiger partial charge is 0.182 e. The fraction of sp³-hybridized carbons (Fsp3) is 0.0714. The van der Waals surface area contributed by atoms with Crippen LogP contribution in [0.4, 0.5) is 0 Å². The monoisotopic (exact) mass is 396 g/mol. The molecule has 1 aromatic carbocycles. The summed E-state index contributed by atoms with van der Waals surface area (Å²) in [6, 6.07) is 11.8. The van der Waals surface area contributed by atoms with Gasteiger partial charge in [-0.2, -0.15) is 5.10 Å². The number of aryl methyl sites for hydroxylation is 1. The number of benzene rings is 1. The van der Waals surface area contributed by atoms with Gasteiger partial charge in [0.1, 0.15) is 10.8 Å². The summed E-state index contributed by atoms with van der Waals surface area (Å²) >= 11 is 8.40. The standard InChI is InChI=1S/C14H10ClIN4/c1-20-8-7-10(19-20)14-17-12(11(16)13(15)18-14)9-5-3-2-4-6-9/h2-8H,1H3. The van der Waals surface area contributed by atoms with Crippen molar-refractivity contribution in [1.29, 1.82) is 0 Å². The highest BCUT2D eigenvalue weighted by atomic mass is 127. The first-order chi connectivity index (χ1) is 9.65. The zero-order valence-corrected chi connectivity index (χ0v) is 13.5. The predicted octanol–water partition coefficient (Wildman–Crippen LogP) is 3.80. The summed E-state index contributed by atoms with van der Waals surface area (Å²) in [5.74, 6) is 0.537. The van der Waals surface area contributed by atoms with Crippen molar-refractivity contribution in [1.82, 2.24) is 19.7 Å². The third-order valence-corrected chi connectivity index (χ3v) is 4.41. The van der Waals surface area contributed by atoms with Gasteiger partial charge in [0, 0.05) is 18.8 Å². The molecule has 6 heteroatoms. The molecule has 0 unspecified atom stereocenters. The van der Waals surface area contributed by atoms with Crippen molar-refractivity contribution in [2.75, 3.05) is 0 Å². The SMILES string of the molecule is Cn1ccc(-c2nc(Cl)c(I)c(-c3ccccc3)n2)n1. The van der Waals surface area contributed by atoms with E-state index in [0.717, 1.165) is 14.8 Å². The van der Waals surface area contributed by atoms with E-state index in [-0.39, 0.29) is 0 Å². The van der Waals surface area contributed by atoms with Gasteiger partial charge in [0.15, 0.2) is 5.82 Å². The lowest BCUT2D eigenvalue weighted by atomic mass is 10.1. The fourth-order valence-corrected chi connectivity index (χ4v) is 2.58. The molecule has 0 aliphatic carbocycles. The van der Waals surface area contributed by atoms with Crippen molar-refractivity contribution >= 4 is 34.2 Å². The van der Waals surface area contributed by atoms with E-state index in [9.17, 15) is 0 Å². The van der Waals surface area contributed by atoms with Crippen LogP contribution in [0.3, 0.4) is 0 Å². The minimum atomic E-state index is 0.445. The first-order valence-electron chi connectivity index (χ1n) is 5.93. The maximum atomic E-state index is 6.23. The van der Waals surface area contributed by atoms with Crippen molar-refractivity contribution in [3.05, 3.63) is 51.3 Å². The predicted molar refractivity (Wildman–Crippen MR) is 87.4 cm³/mol. The maximum absolute atomic E-state index is 6.23. The lowest BCUT2D eigenvalue weighted by Gasteiger charge is -2.07. The van der Waals surface area contributed by atoms with E-state index in [4.69, 9.17) is 11.6 Å². The van der Waals surface area contributed by atoms with Gasteiger partial charge in [0.25, 0.3) is 0 Å². The molecule has 3 rings (SSSR count). The quantitative estimate of drug-likeness (QED) is 0.489. The van der Waals surface area contributed by atoms with Gasteiger partial charge < -0.3 is 0 Å². The Morgan fingerprint density at radius 1 is 1.10 bits per heavy atom. The van der Waals surface area contributed by atoms with E-state index in [2.05, 4.69) is 37.7 Å². The molecule has 0 saturated heterocycles. The zero-order valence-electron chi connectivity index (χ0n) is 10.6. The molecule has 0 atom stereocenters. The molecule has 0 aliphatic heterocycles.